The first-order valence-electron chi connectivity index (χ1n) is 8.20. The molecule has 0 saturated carbocycles. The Labute approximate surface area is 142 Å². The highest BCUT2D eigenvalue weighted by Crippen LogP contribution is 2.15. The van der Waals surface area contributed by atoms with E-state index in [0.717, 1.165) is 23.7 Å². The van der Waals surface area contributed by atoms with Crippen LogP contribution in [0.1, 0.15) is 50.4 Å². The van der Waals surface area contributed by atoms with Crippen LogP contribution in [0, 0.1) is 0 Å². The zero-order valence-electron chi connectivity index (χ0n) is 14.5. The number of fused-ring (bicyclic) bond motifs is 1. The highest BCUT2D eigenvalue weighted by atomic mass is 16.6. The lowest BCUT2D eigenvalue weighted by atomic mass is 10.0. The van der Waals surface area contributed by atoms with Gasteiger partial charge in [0.1, 0.15) is 5.60 Å². The molecule has 0 bridgehead atoms. The number of ether oxygens (including phenoxy) is 1. The van der Waals surface area contributed by atoms with Crippen LogP contribution >= 0.6 is 0 Å². The molecule has 1 aromatic heterocycles. The van der Waals surface area contributed by atoms with E-state index in [1.807, 2.05) is 51.1 Å². The average molecular weight is 328 g/mol. The Kier molecular flexibility index (Phi) is 5.90. The highest BCUT2D eigenvalue weighted by Gasteiger charge is 2.15. The molecule has 2 rings (SSSR count). The van der Waals surface area contributed by atoms with Crippen LogP contribution in [-0.4, -0.2) is 29.0 Å². The van der Waals surface area contributed by atoms with Gasteiger partial charge in [-0.05, 0) is 57.9 Å². The normalized spacial score (nSPS) is 11.3. The van der Waals surface area contributed by atoms with Crippen molar-refractivity contribution in [2.24, 2.45) is 0 Å². The molecular weight excluding hydrogens is 304 g/mol. The van der Waals surface area contributed by atoms with E-state index in [2.05, 4.69) is 10.3 Å². The van der Waals surface area contributed by atoms with Crippen LogP contribution in [0.25, 0.3) is 10.9 Å². The van der Waals surface area contributed by atoms with Crippen molar-refractivity contribution >= 4 is 22.8 Å². The number of hydrogen-bond acceptors (Lipinski definition) is 4. The third-order valence-corrected chi connectivity index (χ3v) is 3.42. The fourth-order valence-corrected chi connectivity index (χ4v) is 2.31. The first-order chi connectivity index (χ1) is 11.3. The van der Waals surface area contributed by atoms with E-state index in [9.17, 15) is 9.59 Å². The quantitative estimate of drug-likeness (QED) is 0.640. The van der Waals surface area contributed by atoms with E-state index in [-0.39, 0.29) is 5.78 Å². The number of benzene rings is 1. The summed E-state index contributed by atoms with van der Waals surface area (Å²) >= 11 is 0. The van der Waals surface area contributed by atoms with Gasteiger partial charge in [-0.3, -0.25) is 9.78 Å². The van der Waals surface area contributed by atoms with Gasteiger partial charge < -0.3 is 10.1 Å². The van der Waals surface area contributed by atoms with Crippen LogP contribution in [0.4, 0.5) is 4.79 Å². The van der Waals surface area contributed by atoms with Crippen molar-refractivity contribution < 1.29 is 14.3 Å². The molecule has 0 unspecified atom stereocenters. The molecule has 1 aromatic carbocycles. The summed E-state index contributed by atoms with van der Waals surface area (Å²) in [5.41, 5.74) is 1.09. The minimum atomic E-state index is -0.495. The van der Waals surface area contributed by atoms with Crippen LogP contribution in [-0.2, 0) is 4.74 Å². The largest absolute Gasteiger partial charge is 0.444 e. The summed E-state index contributed by atoms with van der Waals surface area (Å²) in [6.45, 7) is 5.98. The van der Waals surface area contributed by atoms with Gasteiger partial charge in [-0.2, -0.15) is 0 Å². The Morgan fingerprint density at radius 2 is 1.96 bits per heavy atom. The van der Waals surface area contributed by atoms with Gasteiger partial charge in [0.15, 0.2) is 5.78 Å². The lowest BCUT2D eigenvalue weighted by molar-refractivity contribution is 0.0527. The predicted octanol–water partition coefficient (Wildman–Crippen LogP) is 4.11. The van der Waals surface area contributed by atoms with E-state index >= 15 is 0 Å². The monoisotopic (exact) mass is 328 g/mol. The number of ketones is 1. The van der Waals surface area contributed by atoms with Gasteiger partial charge in [-0.25, -0.2) is 4.79 Å². The lowest BCUT2D eigenvalue weighted by Gasteiger charge is -2.19. The van der Waals surface area contributed by atoms with Gasteiger partial charge in [0.2, 0.25) is 0 Å². The number of Topliss-reactive ketones (excluding diaryl/α,β-unsaturated/α-hetero) is 1. The zero-order valence-corrected chi connectivity index (χ0v) is 14.5. The van der Waals surface area contributed by atoms with Crippen LogP contribution in [0.3, 0.4) is 0 Å². The first kappa shape index (κ1) is 17.9. The highest BCUT2D eigenvalue weighted by molar-refractivity contribution is 5.99. The van der Waals surface area contributed by atoms with Crippen molar-refractivity contribution in [3.63, 3.8) is 0 Å². The maximum Gasteiger partial charge on any atom is 0.407 e. The van der Waals surface area contributed by atoms with Gasteiger partial charge in [0.25, 0.3) is 0 Å². The Balaban J connectivity index is 1.74. The molecule has 0 saturated heterocycles. The number of amides is 1. The molecule has 0 spiro atoms. The molecule has 5 heteroatoms. The van der Waals surface area contributed by atoms with E-state index < -0.39 is 11.7 Å². The maximum atomic E-state index is 12.2. The Hall–Kier alpha value is -2.43. The summed E-state index contributed by atoms with van der Waals surface area (Å²) in [5, 5.41) is 3.66. The molecule has 0 aliphatic rings. The molecule has 0 radical (unpaired) electrons. The molecule has 128 valence electrons. The third-order valence-electron chi connectivity index (χ3n) is 3.42. The Morgan fingerprint density at radius 1 is 1.17 bits per heavy atom. The van der Waals surface area contributed by atoms with Crippen molar-refractivity contribution in [2.75, 3.05) is 6.54 Å². The van der Waals surface area contributed by atoms with Gasteiger partial charge >= 0.3 is 6.09 Å². The average Bonchev–Trinajstić information content (AvgIpc) is 2.52. The second-order valence-electron chi connectivity index (χ2n) is 6.72. The summed E-state index contributed by atoms with van der Waals surface area (Å²) in [6.07, 6.45) is 3.24. The molecule has 0 fully saturated rings. The first-order valence-corrected chi connectivity index (χ1v) is 8.20. The number of pyridine rings is 1. The van der Waals surface area contributed by atoms with Gasteiger partial charge in [0, 0.05) is 30.1 Å². The minimum absolute atomic E-state index is 0.109. The second kappa shape index (κ2) is 7.90. The van der Waals surface area contributed by atoms with E-state index in [1.165, 1.54) is 0 Å². The van der Waals surface area contributed by atoms with Gasteiger partial charge in [0.05, 0.1) is 5.52 Å². The third kappa shape index (κ3) is 5.65. The molecule has 1 amide bonds. The molecule has 5 nitrogen and oxygen atoms in total. The molecule has 24 heavy (non-hydrogen) atoms. The lowest BCUT2D eigenvalue weighted by Crippen LogP contribution is -2.33. The number of nitrogens with one attached hydrogen (secondary N) is 1. The zero-order chi connectivity index (χ0) is 17.6. The standard InChI is InChI=1S/C19H24N2O3/c1-19(2,3)24-18(23)21-11-5-4-8-17(22)15-9-10-16-14(13-15)7-6-12-20-16/h6-7,9-10,12-13H,4-5,8,11H2,1-3H3,(H,21,23). The van der Waals surface area contributed by atoms with E-state index in [4.69, 9.17) is 4.74 Å². The fraction of sp³-hybridized carbons (Fsp3) is 0.421. The fourth-order valence-electron chi connectivity index (χ4n) is 2.31. The molecule has 0 atom stereocenters. The summed E-state index contributed by atoms with van der Waals surface area (Å²) in [4.78, 5) is 28.0. The number of nitrogens with zero attached hydrogens (tertiary/aromatic N) is 1. The van der Waals surface area contributed by atoms with Gasteiger partial charge in [-0.15, -0.1) is 0 Å². The van der Waals surface area contributed by atoms with Crippen molar-refractivity contribution in [1.29, 1.82) is 0 Å². The SMILES string of the molecule is CC(C)(C)OC(=O)NCCCCC(=O)c1ccc2ncccc2c1. The molecule has 0 aliphatic heterocycles. The summed E-state index contributed by atoms with van der Waals surface area (Å²) in [6, 6.07) is 9.37. The van der Waals surface area contributed by atoms with Crippen molar-refractivity contribution in [2.45, 2.75) is 45.6 Å². The Bertz CT molecular complexity index is 720. The number of hydrogen-bond donors (Lipinski definition) is 1. The van der Waals surface area contributed by atoms with Crippen molar-refractivity contribution in [3.05, 3.63) is 42.1 Å². The van der Waals surface area contributed by atoms with Gasteiger partial charge in [-0.1, -0.05) is 6.07 Å². The second-order valence-corrected chi connectivity index (χ2v) is 6.72. The number of alkyl carbamates (subject to hydrolysis) is 1. The Morgan fingerprint density at radius 3 is 2.71 bits per heavy atom. The predicted molar refractivity (Wildman–Crippen MR) is 94.2 cm³/mol. The van der Waals surface area contributed by atoms with Crippen LogP contribution in [0.5, 0.6) is 0 Å². The van der Waals surface area contributed by atoms with E-state index in [0.29, 0.717) is 18.5 Å². The van der Waals surface area contributed by atoms with Crippen molar-refractivity contribution in [3.8, 4) is 0 Å². The smallest absolute Gasteiger partial charge is 0.407 e. The minimum Gasteiger partial charge on any atom is -0.444 e. The number of unbranched alkanes of at least 4 members (excludes halogenated alkanes) is 1. The number of rotatable bonds is 6. The van der Waals surface area contributed by atoms with Crippen LogP contribution in [0.2, 0.25) is 0 Å². The number of aromatic nitrogens is 1. The number of carbonyl (C=O) groups is 2. The van der Waals surface area contributed by atoms with Crippen LogP contribution < -0.4 is 5.32 Å². The maximum absolute atomic E-state index is 12.2. The molecular formula is C19H24N2O3. The topological polar surface area (TPSA) is 68.3 Å². The molecule has 0 aliphatic carbocycles. The number of carbonyl (C=O) groups excluding carboxylic acids is 2. The summed E-state index contributed by atoms with van der Waals surface area (Å²) in [5.74, 6) is 0.109. The molecule has 1 N–H and O–H groups in total. The summed E-state index contributed by atoms with van der Waals surface area (Å²) < 4.78 is 5.15. The van der Waals surface area contributed by atoms with Crippen LogP contribution in [0.15, 0.2) is 36.5 Å². The van der Waals surface area contributed by atoms with Crippen molar-refractivity contribution in [1.82, 2.24) is 10.3 Å². The molecule has 2 aromatic rings. The van der Waals surface area contributed by atoms with E-state index in [1.54, 1.807) is 6.20 Å². The summed E-state index contributed by atoms with van der Waals surface area (Å²) in [7, 11) is 0. The molecule has 1 heterocycles.